The first-order chi connectivity index (χ1) is 8.29. The zero-order valence-electron chi connectivity index (χ0n) is 14.1. The zero-order chi connectivity index (χ0) is 13.5. The maximum atomic E-state index is 11.2. The number of aliphatic hydroxyl groups excluding tert-OH is 1. The summed E-state index contributed by atoms with van der Waals surface area (Å²) in [6, 6.07) is 5.61. The van der Waals surface area contributed by atoms with Crippen molar-refractivity contribution < 1.29 is 125 Å². The second-order valence-corrected chi connectivity index (χ2v) is 5.96. The summed E-state index contributed by atoms with van der Waals surface area (Å²) in [5.74, 6) is -0.423. The van der Waals surface area contributed by atoms with Crippen LogP contribution in [0.5, 0.6) is 0 Å². The molecule has 0 bridgehead atoms. The molecule has 1 aliphatic rings. The van der Waals surface area contributed by atoms with Crippen LogP contribution in [-0.2, 0) is 4.57 Å². The summed E-state index contributed by atoms with van der Waals surface area (Å²) < 4.78 is 11.2. The molecule has 9 heteroatoms. The predicted molar refractivity (Wildman–Crippen MR) is 70.3 cm³/mol. The number of benzene rings is 1. The van der Waals surface area contributed by atoms with E-state index in [9.17, 15) is 9.67 Å². The molecule has 0 aromatic heterocycles. The van der Waals surface area contributed by atoms with Gasteiger partial charge in [-0.1, -0.05) is 6.07 Å². The van der Waals surface area contributed by atoms with Crippen LogP contribution in [0, 0.1) is 13.8 Å². The summed E-state index contributed by atoms with van der Waals surface area (Å²) in [4.78, 5) is 18.2. The molecule has 0 unspecified atom stereocenters. The Morgan fingerprint density at radius 3 is 2.10 bits per heavy atom. The molecular formula is C11H17K2N2O4P. The molecule has 1 aromatic carbocycles. The second kappa shape index (κ2) is 8.70. The molecule has 6 nitrogen and oxygen atoms in total. The standard InChI is InChI=1S/C11H15N2O4P.2K.2H/c1-7-3-8(2)5-9(4-7)13-11(14)10(6-12-13)18(15,16)17;;;;/h3-5,12,14H,6H2,1-2H3,(H2,15,16,17);;;;/q;2*+1;2*-1. The number of anilines is 1. The number of nitrogens with zero attached hydrogens (tertiary/aromatic N) is 1. The molecule has 102 valence electrons. The predicted octanol–water partition coefficient (Wildman–Crippen LogP) is -4.23. The largest absolute Gasteiger partial charge is 1.00 e. The first kappa shape index (κ1) is 21.9. The average molecular weight is 350 g/mol. The van der Waals surface area contributed by atoms with Gasteiger partial charge in [-0.15, -0.1) is 0 Å². The summed E-state index contributed by atoms with van der Waals surface area (Å²) >= 11 is 0. The first-order valence-corrected chi connectivity index (χ1v) is 7.00. The van der Waals surface area contributed by atoms with Gasteiger partial charge in [-0.25, -0.2) is 10.4 Å². The minimum atomic E-state index is -4.43. The Kier molecular flexibility index (Phi) is 9.54. The van der Waals surface area contributed by atoms with Gasteiger partial charge in [-0.3, -0.25) is 4.57 Å². The topological polar surface area (TPSA) is 93.0 Å². The Bertz CT molecular complexity index is 563. The van der Waals surface area contributed by atoms with E-state index in [0.717, 1.165) is 11.1 Å². The molecule has 0 aliphatic carbocycles. The van der Waals surface area contributed by atoms with E-state index in [0.29, 0.717) is 5.69 Å². The van der Waals surface area contributed by atoms with E-state index >= 15 is 0 Å². The summed E-state index contributed by atoms with van der Waals surface area (Å²) in [5.41, 5.74) is 5.41. The van der Waals surface area contributed by atoms with Crippen molar-refractivity contribution in [1.29, 1.82) is 0 Å². The van der Waals surface area contributed by atoms with Crippen LogP contribution in [0.4, 0.5) is 5.69 Å². The molecule has 0 spiro atoms. The summed E-state index contributed by atoms with van der Waals surface area (Å²) in [6.45, 7) is 3.76. The zero-order valence-corrected chi connectivity index (χ0v) is 19.2. The normalized spacial score (nSPS) is 14.9. The van der Waals surface area contributed by atoms with E-state index in [4.69, 9.17) is 9.79 Å². The molecule has 0 fully saturated rings. The van der Waals surface area contributed by atoms with Crippen LogP contribution in [0.2, 0.25) is 0 Å². The maximum absolute atomic E-state index is 11.2. The molecule has 0 saturated carbocycles. The quantitative estimate of drug-likeness (QED) is 0.319. The van der Waals surface area contributed by atoms with Crippen molar-refractivity contribution in [3.63, 3.8) is 0 Å². The summed E-state index contributed by atoms with van der Waals surface area (Å²) in [7, 11) is -4.43. The minimum absolute atomic E-state index is 0. The molecule has 0 atom stereocenters. The SMILES string of the molecule is Cc1cc(C)cc(N2NCC(P(=O)(O)O)=C2O)c1.[H-].[H-].[K+].[K+]. The van der Waals surface area contributed by atoms with E-state index in [-0.39, 0.29) is 117 Å². The molecule has 20 heavy (non-hydrogen) atoms. The third kappa shape index (κ3) is 5.24. The Labute approximate surface area is 206 Å². The van der Waals surface area contributed by atoms with E-state index in [1.54, 1.807) is 0 Å². The molecular weight excluding hydrogens is 333 g/mol. The average Bonchev–Trinajstić information content (AvgIpc) is 2.57. The molecule has 0 radical (unpaired) electrons. The number of hydrazine groups is 1. The van der Waals surface area contributed by atoms with Crippen molar-refractivity contribution in [3.8, 4) is 0 Å². The third-order valence-corrected chi connectivity index (χ3v) is 3.75. The van der Waals surface area contributed by atoms with Gasteiger partial charge < -0.3 is 17.7 Å². The van der Waals surface area contributed by atoms with Crippen molar-refractivity contribution in [1.82, 2.24) is 5.43 Å². The Balaban J connectivity index is -0.000000902. The van der Waals surface area contributed by atoms with Crippen LogP contribution in [-0.4, -0.2) is 21.4 Å². The fraction of sp³-hybridized carbons (Fsp3) is 0.273. The van der Waals surface area contributed by atoms with Crippen molar-refractivity contribution in [2.75, 3.05) is 11.6 Å². The van der Waals surface area contributed by atoms with Crippen molar-refractivity contribution in [3.05, 3.63) is 40.5 Å². The molecule has 0 saturated heterocycles. The van der Waals surface area contributed by atoms with Gasteiger partial charge in [-0.05, 0) is 37.1 Å². The maximum Gasteiger partial charge on any atom is 1.00 e. The Morgan fingerprint density at radius 1 is 1.20 bits per heavy atom. The number of hydrogen-bond donors (Lipinski definition) is 4. The minimum Gasteiger partial charge on any atom is -1.00 e. The van der Waals surface area contributed by atoms with E-state index in [2.05, 4.69) is 5.43 Å². The number of aryl methyl sites for hydroxylation is 2. The second-order valence-electron chi connectivity index (χ2n) is 4.33. The van der Waals surface area contributed by atoms with Crippen LogP contribution in [0.25, 0.3) is 0 Å². The van der Waals surface area contributed by atoms with Crippen molar-refractivity contribution >= 4 is 13.3 Å². The number of hydrogen-bond acceptors (Lipinski definition) is 4. The van der Waals surface area contributed by atoms with Gasteiger partial charge in [0.15, 0.2) is 0 Å². The third-order valence-electron chi connectivity index (χ3n) is 2.69. The summed E-state index contributed by atoms with van der Waals surface area (Å²) in [6.07, 6.45) is 0. The Morgan fingerprint density at radius 2 is 1.70 bits per heavy atom. The van der Waals surface area contributed by atoms with E-state index in [1.165, 1.54) is 5.01 Å². The van der Waals surface area contributed by atoms with Gasteiger partial charge in [-0.2, -0.15) is 0 Å². The Hall–Kier alpha value is 1.94. The fourth-order valence-electron chi connectivity index (χ4n) is 1.96. The first-order valence-electron chi connectivity index (χ1n) is 5.39. The smallest absolute Gasteiger partial charge is 1.00 e. The van der Waals surface area contributed by atoms with E-state index in [1.807, 2.05) is 32.0 Å². The number of rotatable bonds is 2. The molecule has 0 amide bonds. The van der Waals surface area contributed by atoms with Crippen molar-refractivity contribution in [2.45, 2.75) is 13.8 Å². The monoisotopic (exact) mass is 350 g/mol. The summed E-state index contributed by atoms with van der Waals surface area (Å²) in [5, 5.41) is 10.9. The van der Waals surface area contributed by atoms with Crippen LogP contribution in [0.15, 0.2) is 29.4 Å². The molecule has 4 N–H and O–H groups in total. The molecule has 1 aliphatic heterocycles. The van der Waals surface area contributed by atoms with Crippen LogP contribution in [0.3, 0.4) is 0 Å². The van der Waals surface area contributed by atoms with E-state index < -0.39 is 13.5 Å². The van der Waals surface area contributed by atoms with Crippen LogP contribution < -0.4 is 113 Å². The van der Waals surface area contributed by atoms with Crippen LogP contribution in [0.1, 0.15) is 14.0 Å². The van der Waals surface area contributed by atoms with Gasteiger partial charge >= 0.3 is 110 Å². The molecule has 2 rings (SSSR count). The molecule has 1 aromatic rings. The molecule has 1 heterocycles. The van der Waals surface area contributed by atoms with Crippen molar-refractivity contribution in [2.24, 2.45) is 0 Å². The fourth-order valence-corrected chi connectivity index (χ4v) is 2.60. The van der Waals surface area contributed by atoms with Gasteiger partial charge in [0.1, 0.15) is 5.31 Å². The number of nitrogens with one attached hydrogen (secondary N) is 1. The van der Waals surface area contributed by atoms with Gasteiger partial charge in [0.2, 0.25) is 5.88 Å². The van der Waals surface area contributed by atoms with Gasteiger partial charge in [0.25, 0.3) is 0 Å². The van der Waals surface area contributed by atoms with Gasteiger partial charge in [0.05, 0.1) is 12.2 Å². The van der Waals surface area contributed by atoms with Crippen LogP contribution >= 0.6 is 7.60 Å². The number of aliphatic hydroxyl groups is 1. The van der Waals surface area contributed by atoms with Gasteiger partial charge in [0, 0.05) is 0 Å².